The van der Waals surface area contributed by atoms with Crippen LogP contribution < -0.4 is 0 Å². The number of hydrogen-bond acceptors (Lipinski definition) is 6. The molecule has 0 aliphatic heterocycles. The van der Waals surface area contributed by atoms with Crippen molar-refractivity contribution in [1.29, 1.82) is 0 Å². The van der Waals surface area contributed by atoms with E-state index in [-0.39, 0.29) is 34.2 Å². The van der Waals surface area contributed by atoms with Gasteiger partial charge in [0.15, 0.2) is 29.5 Å². The first-order chi connectivity index (χ1) is 30.6. The predicted octanol–water partition coefficient (Wildman–Crippen LogP) is 16.8. The molecule has 0 saturated carbocycles. The fraction of sp³-hybridized carbons (Fsp3) is 0.111. The van der Waals surface area contributed by atoms with Crippen LogP contribution in [0.4, 0.5) is 0 Å². The number of halogens is 12. The fourth-order valence-corrected chi connectivity index (χ4v) is 12.3. The Morgan fingerprint density at radius 3 is 1.08 bits per heavy atom. The molecule has 6 rings (SSSR count). The van der Waals surface area contributed by atoms with E-state index in [0.29, 0.717) is 40.7 Å². The van der Waals surface area contributed by atoms with Crippen LogP contribution in [0, 0.1) is 0 Å². The van der Waals surface area contributed by atoms with Gasteiger partial charge in [0.05, 0.1) is 33.1 Å². The Kier molecular flexibility index (Phi) is 21.2. The van der Waals surface area contributed by atoms with Crippen molar-refractivity contribution in [3.8, 4) is 0 Å². The van der Waals surface area contributed by atoms with E-state index in [2.05, 4.69) is 31.9 Å². The molecule has 0 aromatic heterocycles. The van der Waals surface area contributed by atoms with Crippen molar-refractivity contribution >= 4 is 189 Å². The first-order valence-corrected chi connectivity index (χ1v) is 29.4. The Morgan fingerprint density at radius 1 is 0.424 bits per heavy atom. The quantitative estimate of drug-likeness (QED) is 0.127. The maximum Gasteiger partial charge on any atom is 0.177 e. The second kappa shape index (κ2) is 24.6. The van der Waals surface area contributed by atoms with Gasteiger partial charge in [-0.3, -0.25) is 0 Å². The zero-order chi connectivity index (χ0) is 49.5. The zero-order valence-electron chi connectivity index (χ0n) is 34.0. The van der Waals surface area contributed by atoms with Crippen molar-refractivity contribution in [3.05, 3.63) is 199 Å². The number of hydrogen-bond donors (Lipinski definition) is 0. The molecule has 21 heteroatoms. The number of sulfone groups is 3. The summed E-state index contributed by atoms with van der Waals surface area (Å²) in [5.74, 6) is -0.390. The van der Waals surface area contributed by atoms with E-state index in [1.807, 2.05) is 12.1 Å². The highest BCUT2D eigenvalue weighted by molar-refractivity contribution is 9.28. The Balaban J connectivity index is 0.000000216. The molecule has 0 aliphatic carbocycles. The molecule has 0 spiro atoms. The third kappa shape index (κ3) is 16.0. The van der Waals surface area contributed by atoms with Gasteiger partial charge in [0, 0.05) is 50.9 Å². The molecule has 0 aliphatic rings. The van der Waals surface area contributed by atoms with Gasteiger partial charge in [-0.25, -0.2) is 25.3 Å². The van der Waals surface area contributed by atoms with Crippen LogP contribution in [-0.4, -0.2) is 48.9 Å². The number of benzene rings is 6. The summed E-state index contributed by atoms with van der Waals surface area (Å²) < 4.78 is 71.6. The van der Waals surface area contributed by atoms with Gasteiger partial charge in [0.25, 0.3) is 0 Å². The largest absolute Gasteiger partial charge is 0.224 e. The second-order valence-corrected chi connectivity index (χ2v) is 27.2. The summed E-state index contributed by atoms with van der Waals surface area (Å²) in [4.78, 5) is -0.582. The molecule has 0 amide bonds. The average Bonchev–Trinajstić information content (AvgIpc) is 3.21. The third-order valence-electron chi connectivity index (χ3n) is 9.08. The van der Waals surface area contributed by atoms with Crippen LogP contribution in [0.5, 0.6) is 0 Å². The minimum atomic E-state index is -3.47. The highest BCUT2D eigenvalue weighted by atomic mass is 79.9. The van der Waals surface area contributed by atoms with Crippen LogP contribution in [-0.2, 0) is 29.5 Å². The van der Waals surface area contributed by atoms with E-state index in [0.717, 1.165) is 41.0 Å². The predicted molar refractivity (Wildman–Crippen MR) is 287 cm³/mol. The normalized spacial score (nSPS) is 12.0. The molecule has 1 unspecified atom stereocenters. The van der Waals surface area contributed by atoms with Gasteiger partial charge in [-0.2, -0.15) is 0 Å². The summed E-state index contributed by atoms with van der Waals surface area (Å²) in [7, 11) is -10.3. The van der Waals surface area contributed by atoms with Crippen LogP contribution in [0.2, 0.25) is 30.1 Å². The molecule has 0 heterocycles. The summed E-state index contributed by atoms with van der Waals surface area (Å²) in [5, 5.41) is 2.31. The third-order valence-corrected chi connectivity index (χ3v) is 16.2. The topological polar surface area (TPSA) is 102 Å². The molecule has 6 nitrogen and oxygen atoms in total. The van der Waals surface area contributed by atoms with E-state index in [1.165, 1.54) is 24.3 Å². The summed E-state index contributed by atoms with van der Waals surface area (Å²) in [6.07, 6.45) is 3.33. The monoisotopic (exact) mass is 1270 g/mol. The van der Waals surface area contributed by atoms with E-state index >= 15 is 0 Å². The van der Waals surface area contributed by atoms with Crippen LogP contribution in [0.25, 0.3) is 11.1 Å². The molecule has 6 aromatic carbocycles. The van der Waals surface area contributed by atoms with E-state index in [9.17, 15) is 25.3 Å². The SMILES string of the molecule is CS(=O)(=O)c1cc(C(=C(Br)Br)c2ccc(Cl)cc2)ccc1Cl.CS(=O)(=O)c1cc(C(=C(Cl)Cl)c2ccc(Cl)cc2)ccc1Cl.CS(=O)(=O)c1cc(C(c2ccc(Cl)cc2)C(Cl)Cl)ccc1Cl. The van der Waals surface area contributed by atoms with Crippen molar-refractivity contribution in [2.24, 2.45) is 0 Å². The fourth-order valence-electron chi connectivity index (χ4n) is 6.04. The summed E-state index contributed by atoms with van der Waals surface area (Å²) >= 11 is 66.6. The first kappa shape index (κ1) is 57.1. The maximum absolute atomic E-state index is 11.8. The molecule has 0 N–H and O–H groups in total. The minimum Gasteiger partial charge on any atom is -0.224 e. The van der Waals surface area contributed by atoms with Gasteiger partial charge < -0.3 is 0 Å². The van der Waals surface area contributed by atoms with Gasteiger partial charge in [-0.1, -0.05) is 147 Å². The molecule has 0 bridgehead atoms. The van der Waals surface area contributed by atoms with E-state index < -0.39 is 40.3 Å². The van der Waals surface area contributed by atoms with Gasteiger partial charge in [-0.15, -0.1) is 23.2 Å². The minimum absolute atomic E-state index is 0.0177. The number of rotatable bonds is 10. The van der Waals surface area contributed by atoms with Gasteiger partial charge in [0.2, 0.25) is 0 Å². The van der Waals surface area contributed by atoms with Crippen LogP contribution >= 0.6 is 148 Å². The Labute approximate surface area is 451 Å². The van der Waals surface area contributed by atoms with Crippen molar-refractivity contribution in [1.82, 2.24) is 0 Å². The molecule has 66 heavy (non-hydrogen) atoms. The zero-order valence-corrected chi connectivity index (χ0v) is 47.2. The molecule has 0 fully saturated rings. The lowest BCUT2D eigenvalue weighted by Crippen LogP contribution is -2.10. The lowest BCUT2D eigenvalue weighted by molar-refractivity contribution is 0.600. The highest BCUT2D eigenvalue weighted by Gasteiger charge is 2.24. The highest BCUT2D eigenvalue weighted by Crippen LogP contribution is 2.39. The molecule has 350 valence electrons. The molecule has 6 aromatic rings. The van der Waals surface area contributed by atoms with E-state index in [4.69, 9.17) is 116 Å². The summed E-state index contributed by atoms with van der Waals surface area (Å²) in [6.45, 7) is 0. The van der Waals surface area contributed by atoms with E-state index in [1.54, 1.807) is 91.0 Å². The van der Waals surface area contributed by atoms with Crippen LogP contribution in [0.15, 0.2) is 150 Å². The lowest BCUT2D eigenvalue weighted by atomic mass is 9.93. The standard InChI is InChI=1S/C15H10Br2Cl2O2S.C15H12Cl4O2S.C15H10Cl4O2S/c1-22(20,21)13-8-10(4-7-12(13)19)14(15(16)17)9-2-5-11(18)6-3-9;2*1-22(20,21)13-8-10(4-7-12(13)17)14(15(18)19)9-2-5-11(16)6-3-9/h2-8H,1H3;2-8,14-15H,1H3;2-8H,1H3. The Hall–Kier alpha value is -1.49. The molecule has 0 radical (unpaired) electrons. The molecule has 1 atom stereocenters. The van der Waals surface area contributed by atoms with Gasteiger partial charge in [-0.05, 0) is 138 Å². The smallest absolute Gasteiger partial charge is 0.177 e. The maximum atomic E-state index is 11.8. The van der Waals surface area contributed by atoms with Crippen molar-refractivity contribution < 1.29 is 25.3 Å². The molecule has 0 saturated heterocycles. The van der Waals surface area contributed by atoms with Crippen LogP contribution in [0.1, 0.15) is 39.3 Å². The Morgan fingerprint density at radius 2 is 0.727 bits per heavy atom. The van der Waals surface area contributed by atoms with Gasteiger partial charge >= 0.3 is 0 Å². The molecular weight excluding hydrogens is 1250 g/mol. The van der Waals surface area contributed by atoms with Gasteiger partial charge in [0.1, 0.15) is 9.33 Å². The summed E-state index contributed by atoms with van der Waals surface area (Å²) in [5.41, 5.74) is 5.67. The van der Waals surface area contributed by atoms with Crippen LogP contribution in [0.3, 0.4) is 0 Å². The van der Waals surface area contributed by atoms with Crippen molar-refractivity contribution in [3.63, 3.8) is 0 Å². The Bertz CT molecular complexity index is 2980. The first-order valence-electron chi connectivity index (χ1n) is 18.3. The second-order valence-electron chi connectivity index (χ2n) is 13.9. The molecular formula is C45H32Br2Cl10O6S3. The number of alkyl halides is 2. The van der Waals surface area contributed by atoms with Crippen molar-refractivity contribution in [2.75, 3.05) is 18.8 Å². The average molecular weight is 1280 g/mol. The lowest BCUT2D eigenvalue weighted by Gasteiger charge is -2.20. The summed E-state index contributed by atoms with van der Waals surface area (Å²) in [6, 6.07) is 35.5. The van der Waals surface area contributed by atoms with Crippen molar-refractivity contribution in [2.45, 2.75) is 25.4 Å².